The lowest BCUT2D eigenvalue weighted by Gasteiger charge is -2.31. The number of aromatic amines is 1. The maximum atomic E-state index is 13.0. The number of fused-ring (bicyclic) bond motifs is 1. The van der Waals surface area contributed by atoms with E-state index < -0.39 is 0 Å². The number of carbonyl (C=O) groups is 1. The van der Waals surface area contributed by atoms with E-state index in [-0.39, 0.29) is 18.6 Å². The first kappa shape index (κ1) is 18.4. The molecule has 0 radical (unpaired) electrons. The van der Waals surface area contributed by atoms with Crippen molar-refractivity contribution in [1.29, 1.82) is 0 Å². The number of benzene rings is 2. The van der Waals surface area contributed by atoms with Crippen molar-refractivity contribution in [2.45, 2.75) is 25.5 Å². The van der Waals surface area contributed by atoms with Crippen LogP contribution in [0.2, 0.25) is 0 Å². The molecular weight excluding hydrogens is 378 g/mol. The van der Waals surface area contributed by atoms with Gasteiger partial charge in [-0.25, -0.2) is 9.67 Å². The lowest BCUT2D eigenvalue weighted by molar-refractivity contribution is 0.0697. The van der Waals surface area contributed by atoms with Gasteiger partial charge in [-0.3, -0.25) is 4.79 Å². The number of rotatable bonds is 5. The first-order valence-corrected chi connectivity index (χ1v) is 10.2. The highest BCUT2D eigenvalue weighted by atomic mass is 16.5. The van der Waals surface area contributed by atoms with E-state index in [0.717, 1.165) is 42.0 Å². The lowest BCUT2D eigenvalue weighted by atomic mass is 9.97. The fourth-order valence-corrected chi connectivity index (χ4v) is 3.92. The molecule has 0 aliphatic carbocycles. The van der Waals surface area contributed by atoms with Gasteiger partial charge in [-0.2, -0.15) is 5.10 Å². The Morgan fingerprint density at radius 1 is 1.10 bits per heavy atom. The zero-order valence-electron chi connectivity index (χ0n) is 16.6. The number of H-pyrrole nitrogens is 1. The number of amides is 1. The zero-order valence-corrected chi connectivity index (χ0v) is 16.6. The molecular formula is C23H23N5O2. The molecule has 0 spiro atoms. The van der Waals surface area contributed by atoms with E-state index in [9.17, 15) is 4.79 Å². The number of aromatic nitrogens is 4. The average Bonchev–Trinajstić information content (AvgIpc) is 3.45. The highest BCUT2D eigenvalue weighted by Crippen LogP contribution is 2.27. The van der Waals surface area contributed by atoms with Gasteiger partial charge in [0.25, 0.3) is 5.91 Å². The highest BCUT2D eigenvalue weighted by Gasteiger charge is 2.28. The Morgan fingerprint density at radius 3 is 2.80 bits per heavy atom. The number of hydrogen-bond acceptors (Lipinski definition) is 4. The van der Waals surface area contributed by atoms with Gasteiger partial charge in [-0.1, -0.05) is 30.3 Å². The van der Waals surface area contributed by atoms with E-state index in [1.165, 1.54) is 0 Å². The van der Waals surface area contributed by atoms with Crippen LogP contribution in [0.3, 0.4) is 0 Å². The molecule has 1 atom stereocenters. The van der Waals surface area contributed by atoms with Gasteiger partial charge in [0.15, 0.2) is 12.4 Å². The van der Waals surface area contributed by atoms with Crippen molar-refractivity contribution < 1.29 is 9.53 Å². The highest BCUT2D eigenvalue weighted by molar-refractivity contribution is 5.92. The summed E-state index contributed by atoms with van der Waals surface area (Å²) >= 11 is 0. The van der Waals surface area contributed by atoms with Gasteiger partial charge >= 0.3 is 0 Å². The number of nitrogens with zero attached hydrogens (tertiary/aromatic N) is 4. The second kappa shape index (κ2) is 8.02. The summed E-state index contributed by atoms with van der Waals surface area (Å²) < 4.78 is 7.34. The third-order valence-corrected chi connectivity index (χ3v) is 5.47. The number of para-hydroxylation sites is 3. The summed E-state index contributed by atoms with van der Waals surface area (Å²) in [6, 6.07) is 19.3. The van der Waals surface area contributed by atoms with E-state index in [4.69, 9.17) is 9.72 Å². The van der Waals surface area contributed by atoms with Crippen molar-refractivity contribution in [3.8, 4) is 5.75 Å². The Bertz CT molecular complexity index is 1120. The maximum absolute atomic E-state index is 13.0. The van der Waals surface area contributed by atoms with Gasteiger partial charge in [0.05, 0.1) is 11.0 Å². The molecule has 5 rings (SSSR count). The van der Waals surface area contributed by atoms with Crippen LogP contribution in [0.1, 0.15) is 35.1 Å². The van der Waals surface area contributed by atoms with Crippen LogP contribution in [-0.4, -0.2) is 43.6 Å². The van der Waals surface area contributed by atoms with Crippen molar-refractivity contribution in [2.24, 2.45) is 0 Å². The van der Waals surface area contributed by atoms with Crippen LogP contribution in [0, 0.1) is 0 Å². The summed E-state index contributed by atoms with van der Waals surface area (Å²) in [4.78, 5) is 23.0. The number of nitrogens with one attached hydrogen (secondary N) is 1. The molecule has 1 aliphatic rings. The van der Waals surface area contributed by atoms with Gasteiger partial charge in [-0.15, -0.1) is 0 Å². The molecule has 7 heteroatoms. The second-order valence-electron chi connectivity index (χ2n) is 7.56. The molecule has 1 N–H and O–H groups in total. The number of hydrogen-bond donors (Lipinski definition) is 1. The molecule has 1 unspecified atom stereocenters. The molecule has 2 aromatic heterocycles. The molecule has 0 saturated carbocycles. The molecule has 2 aromatic carbocycles. The van der Waals surface area contributed by atoms with Crippen molar-refractivity contribution in [2.75, 3.05) is 13.1 Å². The van der Waals surface area contributed by atoms with Crippen molar-refractivity contribution >= 4 is 16.9 Å². The summed E-state index contributed by atoms with van der Waals surface area (Å²) in [6.45, 7) is 1.65. The number of carbonyl (C=O) groups excluding carboxylic acids is 1. The Labute approximate surface area is 174 Å². The van der Waals surface area contributed by atoms with E-state index >= 15 is 0 Å². The van der Waals surface area contributed by atoms with Crippen LogP contribution in [0.15, 0.2) is 66.9 Å². The van der Waals surface area contributed by atoms with Crippen molar-refractivity contribution in [1.82, 2.24) is 24.6 Å². The minimum atomic E-state index is -0.0470. The fraction of sp³-hybridized carbons (Fsp3) is 0.261. The summed E-state index contributed by atoms with van der Waals surface area (Å²) in [5.41, 5.74) is 2.44. The van der Waals surface area contributed by atoms with E-state index in [2.05, 4.69) is 10.1 Å². The summed E-state index contributed by atoms with van der Waals surface area (Å²) in [5, 5.41) is 4.41. The molecule has 7 nitrogen and oxygen atoms in total. The standard InChI is InChI=1S/C23H23N5O2/c29-23(21-12-14-28(26-21)16-30-18-8-2-1-3-9-18)27-13-6-7-17(15-27)22-24-19-10-4-5-11-20(19)25-22/h1-5,8-12,14,17H,6-7,13,15-16H2,(H,24,25). The predicted molar refractivity (Wildman–Crippen MR) is 113 cm³/mol. The molecule has 0 bridgehead atoms. The predicted octanol–water partition coefficient (Wildman–Crippen LogP) is 3.82. The molecule has 152 valence electrons. The Hall–Kier alpha value is -3.61. The topological polar surface area (TPSA) is 76.0 Å². The maximum Gasteiger partial charge on any atom is 0.274 e. The number of piperidine rings is 1. The molecule has 1 amide bonds. The quantitative estimate of drug-likeness (QED) is 0.552. The summed E-state index contributed by atoms with van der Waals surface area (Å²) in [5.74, 6) is 1.88. The molecule has 1 fully saturated rings. The van der Waals surface area contributed by atoms with Gasteiger partial charge in [0.1, 0.15) is 11.6 Å². The smallest absolute Gasteiger partial charge is 0.274 e. The Balaban J connectivity index is 1.25. The van der Waals surface area contributed by atoms with Crippen molar-refractivity contribution in [3.63, 3.8) is 0 Å². The molecule has 3 heterocycles. The monoisotopic (exact) mass is 401 g/mol. The molecule has 4 aromatic rings. The fourth-order valence-electron chi connectivity index (χ4n) is 3.92. The zero-order chi connectivity index (χ0) is 20.3. The van der Waals surface area contributed by atoms with E-state index in [1.807, 2.05) is 59.5 Å². The minimum absolute atomic E-state index is 0.0470. The van der Waals surface area contributed by atoms with Crippen molar-refractivity contribution in [3.05, 3.63) is 78.4 Å². The first-order valence-electron chi connectivity index (χ1n) is 10.2. The van der Waals surface area contributed by atoms with Crippen LogP contribution in [0.25, 0.3) is 11.0 Å². The Kier molecular flexibility index (Phi) is 4.93. The SMILES string of the molecule is O=C(c1ccn(COc2ccccc2)n1)N1CCCC(c2nc3ccccc3[nH]2)C1. The average molecular weight is 401 g/mol. The summed E-state index contributed by atoms with van der Waals surface area (Å²) in [7, 11) is 0. The third kappa shape index (κ3) is 3.78. The van der Waals surface area contributed by atoms with Gasteiger partial charge in [0, 0.05) is 25.2 Å². The first-order chi connectivity index (χ1) is 14.8. The number of likely N-dealkylation sites (tertiary alicyclic amines) is 1. The van der Waals surface area contributed by atoms with Crippen LogP contribution >= 0.6 is 0 Å². The molecule has 1 aliphatic heterocycles. The Morgan fingerprint density at radius 2 is 1.93 bits per heavy atom. The van der Waals surface area contributed by atoms with Crippen LogP contribution in [0.5, 0.6) is 5.75 Å². The number of ether oxygens (including phenoxy) is 1. The lowest BCUT2D eigenvalue weighted by Crippen LogP contribution is -2.39. The largest absolute Gasteiger partial charge is 0.471 e. The number of imidazole rings is 1. The van der Waals surface area contributed by atoms with Gasteiger partial charge < -0.3 is 14.6 Å². The minimum Gasteiger partial charge on any atom is -0.471 e. The summed E-state index contributed by atoms with van der Waals surface area (Å²) in [6.07, 6.45) is 3.74. The van der Waals surface area contributed by atoms with E-state index in [0.29, 0.717) is 12.2 Å². The van der Waals surface area contributed by atoms with Gasteiger partial charge in [-0.05, 0) is 43.2 Å². The van der Waals surface area contributed by atoms with Gasteiger partial charge in [0.2, 0.25) is 0 Å². The molecule has 1 saturated heterocycles. The van der Waals surface area contributed by atoms with Crippen LogP contribution in [-0.2, 0) is 6.73 Å². The molecule has 30 heavy (non-hydrogen) atoms. The normalized spacial score (nSPS) is 16.7. The second-order valence-corrected chi connectivity index (χ2v) is 7.56. The third-order valence-electron chi connectivity index (χ3n) is 5.47. The van der Waals surface area contributed by atoms with E-state index in [1.54, 1.807) is 16.9 Å². The van der Waals surface area contributed by atoms with Crippen LogP contribution < -0.4 is 4.74 Å². The van der Waals surface area contributed by atoms with Crippen LogP contribution in [0.4, 0.5) is 0 Å².